The molecule has 1 fully saturated rings. The van der Waals surface area contributed by atoms with Crippen LogP contribution in [0.2, 0.25) is 0 Å². The molecule has 32 heavy (non-hydrogen) atoms. The minimum Gasteiger partial charge on any atom is -0.497 e. The van der Waals surface area contributed by atoms with Crippen LogP contribution in [0.4, 0.5) is 11.4 Å². The van der Waals surface area contributed by atoms with Crippen molar-refractivity contribution in [2.75, 3.05) is 70.3 Å². The molecule has 0 saturated carbocycles. The maximum atomic E-state index is 12.3. The first-order chi connectivity index (χ1) is 15.5. The van der Waals surface area contributed by atoms with Gasteiger partial charge in [-0.2, -0.15) is 0 Å². The Kier molecular flexibility index (Phi) is 8.89. The zero-order chi connectivity index (χ0) is 22.8. The Balaban J connectivity index is 1.34. The molecular formula is C24H32N4O4. The highest BCUT2D eigenvalue weighted by Gasteiger charge is 2.13. The molecule has 1 heterocycles. The fourth-order valence-corrected chi connectivity index (χ4v) is 3.52. The number of methoxy groups -OCH3 is 1. The Morgan fingerprint density at radius 2 is 1.66 bits per heavy atom. The molecule has 0 spiro atoms. The van der Waals surface area contributed by atoms with Crippen LogP contribution in [0.5, 0.6) is 5.75 Å². The summed E-state index contributed by atoms with van der Waals surface area (Å²) in [5, 5.41) is 5.78. The van der Waals surface area contributed by atoms with Crippen molar-refractivity contribution >= 4 is 23.2 Å². The standard InChI is InChI=1S/C24H32N4O4/c1-27(17-23(29)25-12-11-19-3-9-22(31-2)10-4-19)18-24(30)26-20-5-7-21(8-6-20)28-13-15-32-16-14-28/h3-10H,11-18H2,1-2H3,(H,25,29)(H,26,30). The van der Waals surface area contributed by atoms with Crippen LogP contribution >= 0.6 is 0 Å². The highest BCUT2D eigenvalue weighted by Crippen LogP contribution is 2.19. The quantitative estimate of drug-likeness (QED) is 0.586. The summed E-state index contributed by atoms with van der Waals surface area (Å²) in [6.45, 7) is 4.06. The van der Waals surface area contributed by atoms with Crippen LogP contribution < -0.4 is 20.3 Å². The molecule has 1 saturated heterocycles. The normalized spacial score (nSPS) is 13.7. The maximum Gasteiger partial charge on any atom is 0.238 e. The summed E-state index contributed by atoms with van der Waals surface area (Å²) in [7, 11) is 3.39. The lowest BCUT2D eigenvalue weighted by Crippen LogP contribution is -2.39. The number of hydrogen-bond acceptors (Lipinski definition) is 6. The van der Waals surface area contributed by atoms with E-state index in [0.717, 1.165) is 55.4 Å². The van der Waals surface area contributed by atoms with Crippen molar-refractivity contribution < 1.29 is 19.1 Å². The lowest BCUT2D eigenvalue weighted by Gasteiger charge is -2.28. The summed E-state index contributed by atoms with van der Waals surface area (Å²) in [5.74, 6) is 0.548. The summed E-state index contributed by atoms with van der Waals surface area (Å²) >= 11 is 0. The Bertz CT molecular complexity index is 865. The van der Waals surface area contributed by atoms with E-state index < -0.39 is 0 Å². The summed E-state index contributed by atoms with van der Waals surface area (Å²) in [6.07, 6.45) is 0.736. The second-order valence-electron chi connectivity index (χ2n) is 7.81. The predicted octanol–water partition coefficient (Wildman–Crippen LogP) is 1.76. The molecule has 0 aromatic heterocycles. The molecule has 2 aromatic carbocycles. The summed E-state index contributed by atoms with van der Waals surface area (Å²) in [5.41, 5.74) is 2.98. The molecule has 2 aromatic rings. The third-order valence-electron chi connectivity index (χ3n) is 5.25. The van der Waals surface area contributed by atoms with Crippen molar-refractivity contribution in [1.82, 2.24) is 10.2 Å². The van der Waals surface area contributed by atoms with Gasteiger partial charge in [0.05, 0.1) is 33.4 Å². The zero-order valence-corrected chi connectivity index (χ0v) is 18.8. The highest BCUT2D eigenvalue weighted by atomic mass is 16.5. The molecule has 0 atom stereocenters. The Hall–Kier alpha value is -3.10. The second-order valence-corrected chi connectivity index (χ2v) is 7.81. The van der Waals surface area contributed by atoms with Gasteiger partial charge in [0.2, 0.25) is 11.8 Å². The van der Waals surface area contributed by atoms with E-state index in [1.165, 1.54) is 0 Å². The number of carbonyl (C=O) groups is 2. The van der Waals surface area contributed by atoms with E-state index in [9.17, 15) is 9.59 Å². The first kappa shape index (κ1) is 23.6. The van der Waals surface area contributed by atoms with Crippen LogP contribution in [0.25, 0.3) is 0 Å². The minimum absolute atomic E-state index is 0.108. The summed E-state index contributed by atoms with van der Waals surface area (Å²) in [4.78, 5) is 28.4. The minimum atomic E-state index is -0.155. The molecule has 3 rings (SSSR count). The Morgan fingerprint density at radius 3 is 2.31 bits per heavy atom. The van der Waals surface area contributed by atoms with Gasteiger partial charge in [0, 0.05) is 31.0 Å². The third kappa shape index (κ3) is 7.55. The largest absolute Gasteiger partial charge is 0.497 e. The van der Waals surface area contributed by atoms with Crippen molar-refractivity contribution in [1.29, 1.82) is 0 Å². The second kappa shape index (κ2) is 12.1. The van der Waals surface area contributed by atoms with E-state index in [2.05, 4.69) is 15.5 Å². The number of benzene rings is 2. The number of likely N-dealkylation sites (N-methyl/N-ethyl adjacent to an activating group) is 1. The van der Waals surface area contributed by atoms with Gasteiger partial charge >= 0.3 is 0 Å². The van der Waals surface area contributed by atoms with E-state index in [0.29, 0.717) is 6.54 Å². The Morgan fingerprint density at radius 1 is 1.00 bits per heavy atom. The van der Waals surface area contributed by atoms with Gasteiger partial charge < -0.3 is 25.0 Å². The van der Waals surface area contributed by atoms with Crippen molar-refractivity contribution in [3.05, 3.63) is 54.1 Å². The number of carbonyl (C=O) groups excluding carboxylic acids is 2. The van der Waals surface area contributed by atoms with Crippen LogP contribution in [0.3, 0.4) is 0 Å². The molecule has 2 N–H and O–H groups in total. The van der Waals surface area contributed by atoms with Gasteiger partial charge in [0.25, 0.3) is 0 Å². The number of ether oxygens (including phenoxy) is 2. The molecule has 0 aliphatic carbocycles. The molecule has 8 heteroatoms. The molecule has 2 amide bonds. The average molecular weight is 441 g/mol. The lowest BCUT2D eigenvalue weighted by atomic mass is 10.1. The molecule has 1 aliphatic rings. The number of hydrogen-bond donors (Lipinski definition) is 2. The van der Waals surface area contributed by atoms with Crippen LogP contribution in [-0.2, 0) is 20.7 Å². The van der Waals surface area contributed by atoms with Crippen LogP contribution in [0.1, 0.15) is 5.56 Å². The van der Waals surface area contributed by atoms with Crippen LogP contribution in [0.15, 0.2) is 48.5 Å². The van der Waals surface area contributed by atoms with Gasteiger partial charge in [-0.15, -0.1) is 0 Å². The van der Waals surface area contributed by atoms with Gasteiger partial charge in [-0.25, -0.2) is 0 Å². The highest BCUT2D eigenvalue weighted by molar-refractivity contribution is 5.92. The van der Waals surface area contributed by atoms with Gasteiger partial charge in [-0.05, 0) is 55.4 Å². The monoisotopic (exact) mass is 440 g/mol. The molecule has 0 radical (unpaired) electrons. The molecular weight excluding hydrogens is 408 g/mol. The predicted molar refractivity (Wildman–Crippen MR) is 125 cm³/mol. The van der Waals surface area contributed by atoms with Crippen molar-refractivity contribution in [3.63, 3.8) is 0 Å². The topological polar surface area (TPSA) is 83.1 Å². The third-order valence-corrected chi connectivity index (χ3v) is 5.25. The maximum absolute atomic E-state index is 12.3. The summed E-state index contributed by atoms with van der Waals surface area (Å²) in [6, 6.07) is 15.6. The SMILES string of the molecule is COc1ccc(CCNC(=O)CN(C)CC(=O)Nc2ccc(N3CCOCC3)cc2)cc1. The van der Waals surface area contributed by atoms with Crippen LogP contribution in [-0.4, -0.2) is 76.8 Å². The first-order valence-corrected chi connectivity index (χ1v) is 10.8. The molecule has 1 aliphatic heterocycles. The smallest absolute Gasteiger partial charge is 0.238 e. The average Bonchev–Trinajstić information content (AvgIpc) is 2.80. The number of nitrogens with one attached hydrogen (secondary N) is 2. The fourth-order valence-electron chi connectivity index (χ4n) is 3.52. The number of nitrogens with zero attached hydrogens (tertiary/aromatic N) is 2. The van der Waals surface area contributed by atoms with Crippen molar-refractivity contribution in [3.8, 4) is 5.75 Å². The van der Waals surface area contributed by atoms with Crippen LogP contribution in [0, 0.1) is 0 Å². The van der Waals surface area contributed by atoms with Gasteiger partial charge in [-0.3, -0.25) is 14.5 Å². The molecule has 8 nitrogen and oxygen atoms in total. The van der Waals surface area contributed by atoms with Gasteiger partial charge in [0.1, 0.15) is 5.75 Å². The number of morpholine rings is 1. The van der Waals surface area contributed by atoms with Gasteiger partial charge in [-0.1, -0.05) is 12.1 Å². The lowest BCUT2D eigenvalue weighted by molar-refractivity contribution is -0.122. The van der Waals surface area contributed by atoms with E-state index in [4.69, 9.17) is 9.47 Å². The first-order valence-electron chi connectivity index (χ1n) is 10.8. The number of amides is 2. The molecule has 0 unspecified atom stereocenters. The van der Waals surface area contributed by atoms with E-state index >= 15 is 0 Å². The van der Waals surface area contributed by atoms with E-state index in [1.807, 2.05) is 48.5 Å². The van der Waals surface area contributed by atoms with E-state index in [1.54, 1.807) is 19.1 Å². The molecule has 172 valence electrons. The fraction of sp³-hybridized carbons (Fsp3) is 0.417. The van der Waals surface area contributed by atoms with Crippen molar-refractivity contribution in [2.45, 2.75) is 6.42 Å². The van der Waals surface area contributed by atoms with E-state index in [-0.39, 0.29) is 24.9 Å². The Labute approximate surface area is 189 Å². The zero-order valence-electron chi connectivity index (χ0n) is 18.8. The number of anilines is 2. The van der Waals surface area contributed by atoms with Gasteiger partial charge in [0.15, 0.2) is 0 Å². The van der Waals surface area contributed by atoms with Crippen molar-refractivity contribution in [2.24, 2.45) is 0 Å². The number of rotatable bonds is 10. The molecule has 0 bridgehead atoms. The summed E-state index contributed by atoms with van der Waals surface area (Å²) < 4.78 is 10.5.